The van der Waals surface area contributed by atoms with Crippen molar-refractivity contribution in [2.24, 2.45) is 0 Å². The maximum atomic E-state index is 5.06. The van der Waals surface area contributed by atoms with Gasteiger partial charge in [-0.05, 0) is 23.4 Å². The fourth-order valence-corrected chi connectivity index (χ4v) is 1.86. The van der Waals surface area contributed by atoms with Gasteiger partial charge in [0.15, 0.2) is 0 Å². The van der Waals surface area contributed by atoms with Gasteiger partial charge in [0.2, 0.25) is 0 Å². The third-order valence-electron chi connectivity index (χ3n) is 2.08. The van der Waals surface area contributed by atoms with Crippen LogP contribution in [0, 0.1) is 0 Å². The van der Waals surface area contributed by atoms with Crippen molar-refractivity contribution in [2.45, 2.75) is 6.04 Å². The van der Waals surface area contributed by atoms with Crippen molar-refractivity contribution in [2.75, 3.05) is 0 Å². The molecular weight excluding hydrogens is 198 g/mol. The Labute approximate surface area is 88.3 Å². The minimum atomic E-state index is 0.0690. The van der Waals surface area contributed by atoms with E-state index in [0.29, 0.717) is 4.20 Å². The molecule has 0 radical (unpaired) electrons. The van der Waals surface area contributed by atoms with E-state index in [2.05, 4.69) is 30.1 Å². The Bertz CT molecular complexity index is 371. The zero-order chi connectivity index (χ0) is 9.26. The number of thiol groups is 1. The highest BCUT2D eigenvalue weighted by Gasteiger charge is 2.17. The lowest BCUT2D eigenvalue weighted by Crippen LogP contribution is -2.23. The van der Waals surface area contributed by atoms with Gasteiger partial charge in [-0.2, -0.15) is 0 Å². The monoisotopic (exact) mass is 207 g/mol. The highest BCUT2D eigenvalue weighted by molar-refractivity contribution is 8.11. The molecule has 0 fully saturated rings. The molecular formula is C10H9NS2. The van der Waals surface area contributed by atoms with Crippen LogP contribution in [0.3, 0.4) is 0 Å². The van der Waals surface area contributed by atoms with Crippen LogP contribution in [0.1, 0.15) is 17.2 Å². The second-order valence-corrected chi connectivity index (χ2v) is 4.12. The zero-order valence-corrected chi connectivity index (χ0v) is 8.61. The van der Waals surface area contributed by atoms with Crippen molar-refractivity contribution in [1.29, 1.82) is 0 Å². The summed E-state index contributed by atoms with van der Waals surface area (Å²) in [5, 5.41) is 3.18. The first-order chi connectivity index (χ1) is 6.29. The molecule has 0 amide bonds. The second kappa shape index (κ2) is 3.52. The maximum Gasteiger partial charge on any atom is 0.0928 e. The highest BCUT2D eigenvalue weighted by Crippen LogP contribution is 2.25. The van der Waals surface area contributed by atoms with Gasteiger partial charge < -0.3 is 5.32 Å². The summed E-state index contributed by atoms with van der Waals surface area (Å²) in [7, 11) is 0. The van der Waals surface area contributed by atoms with Gasteiger partial charge in [0.25, 0.3) is 0 Å². The van der Waals surface area contributed by atoms with E-state index in [0.717, 1.165) is 0 Å². The average molecular weight is 207 g/mol. The predicted molar refractivity (Wildman–Crippen MR) is 62.9 cm³/mol. The van der Waals surface area contributed by atoms with E-state index < -0.39 is 0 Å². The van der Waals surface area contributed by atoms with Crippen LogP contribution in [0.2, 0.25) is 0 Å². The van der Waals surface area contributed by atoms with Gasteiger partial charge in [-0.15, -0.1) is 12.6 Å². The lowest BCUT2D eigenvalue weighted by Gasteiger charge is -2.21. The van der Waals surface area contributed by atoms with Gasteiger partial charge in [-0.25, -0.2) is 0 Å². The summed E-state index contributed by atoms with van der Waals surface area (Å²) < 4.78 is 0.678. The number of hydrogen-bond acceptors (Lipinski definition) is 2. The largest absolute Gasteiger partial charge is 0.379 e. The molecule has 1 aliphatic rings. The van der Waals surface area contributed by atoms with Crippen molar-refractivity contribution in [3.63, 3.8) is 0 Å². The molecule has 1 aromatic rings. The van der Waals surface area contributed by atoms with Crippen LogP contribution in [-0.2, 0) is 0 Å². The topological polar surface area (TPSA) is 12.0 Å². The molecule has 0 aromatic heterocycles. The van der Waals surface area contributed by atoms with Gasteiger partial charge in [-0.3, -0.25) is 0 Å². The van der Waals surface area contributed by atoms with Crippen LogP contribution in [0.4, 0.5) is 0 Å². The van der Waals surface area contributed by atoms with Crippen LogP contribution in [0.15, 0.2) is 30.5 Å². The van der Waals surface area contributed by atoms with Crippen LogP contribution in [0.25, 0.3) is 6.08 Å². The van der Waals surface area contributed by atoms with Gasteiger partial charge in [-0.1, -0.05) is 36.5 Å². The standard InChI is InChI=1S/C10H9NS2/c12-10(13)9-8-4-2-1-3-7(8)5-6-11-9/h1-6,9,11H,(H,12,13). The fraction of sp³-hybridized carbons (Fsp3) is 0.100. The smallest absolute Gasteiger partial charge is 0.0928 e. The Morgan fingerprint density at radius 3 is 2.92 bits per heavy atom. The zero-order valence-electron chi connectivity index (χ0n) is 6.90. The lowest BCUT2D eigenvalue weighted by molar-refractivity contribution is 0.802. The number of nitrogens with one attached hydrogen (secondary N) is 1. The van der Waals surface area contributed by atoms with E-state index in [-0.39, 0.29) is 6.04 Å². The molecule has 0 aliphatic carbocycles. The molecule has 66 valence electrons. The van der Waals surface area contributed by atoms with E-state index in [1.807, 2.05) is 24.4 Å². The van der Waals surface area contributed by atoms with E-state index in [1.54, 1.807) is 0 Å². The molecule has 1 atom stereocenters. The second-order valence-electron chi connectivity index (χ2n) is 2.90. The van der Waals surface area contributed by atoms with Crippen molar-refractivity contribution < 1.29 is 0 Å². The summed E-state index contributed by atoms with van der Waals surface area (Å²) in [6.07, 6.45) is 3.95. The summed E-state index contributed by atoms with van der Waals surface area (Å²) in [5.74, 6) is 0. The molecule has 1 unspecified atom stereocenters. The van der Waals surface area contributed by atoms with Gasteiger partial charge in [0.05, 0.1) is 10.2 Å². The lowest BCUT2D eigenvalue weighted by atomic mass is 9.99. The Hall–Kier alpha value is -0.800. The molecule has 3 heteroatoms. The van der Waals surface area contributed by atoms with E-state index >= 15 is 0 Å². The summed E-state index contributed by atoms with van der Waals surface area (Å²) in [6, 6.07) is 8.25. The minimum Gasteiger partial charge on any atom is -0.379 e. The quantitative estimate of drug-likeness (QED) is 0.542. The van der Waals surface area contributed by atoms with Gasteiger partial charge >= 0.3 is 0 Å². The Balaban J connectivity index is 2.49. The van der Waals surface area contributed by atoms with Crippen LogP contribution >= 0.6 is 24.8 Å². The highest BCUT2D eigenvalue weighted by atomic mass is 32.1. The van der Waals surface area contributed by atoms with E-state index in [9.17, 15) is 0 Å². The molecule has 1 nitrogen and oxygen atoms in total. The number of thiocarbonyl (C=S) groups is 1. The predicted octanol–water partition coefficient (Wildman–Crippen LogP) is 2.56. The van der Waals surface area contributed by atoms with Gasteiger partial charge in [0, 0.05) is 0 Å². The van der Waals surface area contributed by atoms with Crippen molar-refractivity contribution in [3.8, 4) is 0 Å². The number of benzene rings is 1. The molecule has 0 saturated heterocycles. The van der Waals surface area contributed by atoms with Crippen LogP contribution < -0.4 is 5.32 Å². The first-order valence-corrected chi connectivity index (χ1v) is 4.89. The molecule has 2 rings (SSSR count). The third-order valence-corrected chi connectivity index (χ3v) is 2.57. The van der Waals surface area contributed by atoms with Crippen molar-refractivity contribution >= 4 is 35.1 Å². The molecule has 0 bridgehead atoms. The summed E-state index contributed by atoms with van der Waals surface area (Å²) in [5.41, 5.74) is 2.41. The molecule has 1 N–H and O–H groups in total. The SMILES string of the molecule is S=C(S)C1NC=Cc2ccccc21. The maximum absolute atomic E-state index is 5.06. The number of fused-ring (bicyclic) bond motifs is 1. The fourth-order valence-electron chi connectivity index (χ4n) is 1.45. The van der Waals surface area contributed by atoms with Crippen LogP contribution in [0.5, 0.6) is 0 Å². The first kappa shape index (κ1) is 8.78. The normalized spacial score (nSPS) is 19.0. The van der Waals surface area contributed by atoms with Gasteiger partial charge in [0.1, 0.15) is 0 Å². The molecule has 0 spiro atoms. The van der Waals surface area contributed by atoms with Crippen molar-refractivity contribution in [1.82, 2.24) is 5.32 Å². The average Bonchev–Trinajstić information content (AvgIpc) is 2.17. The van der Waals surface area contributed by atoms with Crippen molar-refractivity contribution in [3.05, 3.63) is 41.6 Å². The molecule has 1 heterocycles. The molecule has 13 heavy (non-hydrogen) atoms. The number of hydrogen-bond donors (Lipinski definition) is 2. The van der Waals surface area contributed by atoms with Crippen LogP contribution in [-0.4, -0.2) is 4.20 Å². The Morgan fingerprint density at radius 2 is 2.15 bits per heavy atom. The summed E-state index contributed by atoms with van der Waals surface area (Å²) >= 11 is 9.26. The molecule has 1 aromatic carbocycles. The molecule has 0 saturated carbocycles. The first-order valence-electron chi connectivity index (χ1n) is 4.03. The summed E-state index contributed by atoms with van der Waals surface area (Å²) in [6.45, 7) is 0. The Morgan fingerprint density at radius 1 is 1.38 bits per heavy atom. The summed E-state index contributed by atoms with van der Waals surface area (Å²) in [4.78, 5) is 0. The third kappa shape index (κ3) is 1.62. The Kier molecular flexibility index (Phi) is 2.38. The van der Waals surface area contributed by atoms with E-state index in [1.165, 1.54) is 11.1 Å². The number of rotatable bonds is 1. The molecule has 1 aliphatic heterocycles. The minimum absolute atomic E-state index is 0.0690. The van der Waals surface area contributed by atoms with E-state index in [4.69, 9.17) is 12.2 Å².